The molecule has 2 aromatic carbocycles. The Hall–Kier alpha value is -3.64. The fraction of sp³-hybridized carbons (Fsp3) is 0.280. The van der Waals surface area contributed by atoms with Gasteiger partial charge in [0, 0.05) is 19.6 Å². The van der Waals surface area contributed by atoms with Crippen molar-refractivity contribution in [3.05, 3.63) is 75.4 Å². The molecule has 2 N–H and O–H groups in total. The van der Waals surface area contributed by atoms with Gasteiger partial charge in [0.1, 0.15) is 0 Å². The molecule has 0 fully saturated rings. The summed E-state index contributed by atoms with van der Waals surface area (Å²) < 4.78 is 28.0. The molecule has 5 rings (SSSR count). The molecular formula is C25H25N5O5S2. The number of nitrogens with zero attached hydrogens (tertiary/aromatic N) is 3. The van der Waals surface area contributed by atoms with E-state index in [0.717, 1.165) is 15.6 Å². The summed E-state index contributed by atoms with van der Waals surface area (Å²) in [6.45, 7) is 0.532. The molecule has 3 heterocycles. The maximum Gasteiger partial charge on any atom is 0.332 e. The van der Waals surface area contributed by atoms with Crippen LogP contribution in [0.1, 0.15) is 12.8 Å². The van der Waals surface area contributed by atoms with Crippen LogP contribution in [-0.4, -0.2) is 51.5 Å². The van der Waals surface area contributed by atoms with Crippen LogP contribution in [0.4, 0.5) is 0 Å². The lowest BCUT2D eigenvalue weighted by molar-refractivity contribution is -0.118. The van der Waals surface area contributed by atoms with Crippen molar-refractivity contribution in [1.82, 2.24) is 24.4 Å². The molecule has 0 atom stereocenters. The van der Waals surface area contributed by atoms with E-state index < -0.39 is 21.1 Å². The molecule has 0 unspecified atom stereocenters. The standard InChI is InChI=1S/C25H25N5O5S2/c31-20(16-36-24-27-18-10-4-5-11-19(18)28-24)26-12-6-13-29-22(32)21(17-8-2-1-3-9-17)23-30(25(29)33)14-7-15-37(23,34)35/h1-5,8-11H,6-7,12-16H2,(H,26,31)(H,27,28). The van der Waals surface area contributed by atoms with E-state index in [1.54, 1.807) is 30.3 Å². The lowest BCUT2D eigenvalue weighted by Gasteiger charge is -2.23. The Morgan fingerprint density at radius 2 is 1.84 bits per heavy atom. The van der Waals surface area contributed by atoms with E-state index in [2.05, 4.69) is 15.3 Å². The van der Waals surface area contributed by atoms with Crippen LogP contribution < -0.4 is 16.6 Å². The number of carbonyl (C=O) groups is 1. The molecule has 192 valence electrons. The maximum atomic E-state index is 13.4. The Balaban J connectivity index is 1.28. The molecule has 12 heteroatoms. The molecule has 0 aliphatic carbocycles. The van der Waals surface area contributed by atoms with E-state index in [1.807, 2.05) is 24.3 Å². The number of para-hydroxylation sites is 2. The van der Waals surface area contributed by atoms with Gasteiger partial charge in [0.15, 0.2) is 20.0 Å². The zero-order chi connectivity index (χ0) is 26.0. The lowest BCUT2D eigenvalue weighted by Crippen LogP contribution is -2.45. The van der Waals surface area contributed by atoms with Gasteiger partial charge >= 0.3 is 5.69 Å². The van der Waals surface area contributed by atoms with Gasteiger partial charge in [-0.25, -0.2) is 18.2 Å². The summed E-state index contributed by atoms with van der Waals surface area (Å²) in [6, 6.07) is 16.1. The number of thioether (sulfide) groups is 1. The van der Waals surface area contributed by atoms with E-state index in [0.29, 0.717) is 23.6 Å². The normalized spacial score (nSPS) is 14.4. The number of aromatic nitrogens is 4. The smallest absolute Gasteiger partial charge is 0.332 e. The molecule has 0 saturated heterocycles. The number of fused-ring (bicyclic) bond motifs is 2. The first-order valence-corrected chi connectivity index (χ1v) is 14.5. The molecular weight excluding hydrogens is 514 g/mol. The fourth-order valence-corrected chi connectivity index (χ4v) is 6.85. The number of imidazole rings is 1. The van der Waals surface area contributed by atoms with Gasteiger partial charge in [-0.05, 0) is 30.5 Å². The summed E-state index contributed by atoms with van der Waals surface area (Å²) in [4.78, 5) is 46.4. The van der Waals surface area contributed by atoms with Gasteiger partial charge in [-0.2, -0.15) is 0 Å². The second-order valence-electron chi connectivity index (χ2n) is 8.66. The van der Waals surface area contributed by atoms with Crippen LogP contribution in [0.5, 0.6) is 0 Å². The highest BCUT2D eigenvalue weighted by molar-refractivity contribution is 7.99. The first-order chi connectivity index (χ1) is 17.8. The minimum Gasteiger partial charge on any atom is -0.355 e. The number of hydrogen-bond donors (Lipinski definition) is 2. The molecule has 0 spiro atoms. The Morgan fingerprint density at radius 1 is 1.08 bits per heavy atom. The number of hydrogen-bond acceptors (Lipinski definition) is 7. The lowest BCUT2D eigenvalue weighted by atomic mass is 10.1. The van der Waals surface area contributed by atoms with E-state index >= 15 is 0 Å². The monoisotopic (exact) mass is 539 g/mol. The van der Waals surface area contributed by atoms with E-state index in [1.165, 1.54) is 16.3 Å². The fourth-order valence-electron chi connectivity index (χ4n) is 4.41. The topological polar surface area (TPSA) is 136 Å². The number of amides is 1. The second-order valence-corrected chi connectivity index (χ2v) is 11.6. The Labute approximate surface area is 216 Å². The van der Waals surface area contributed by atoms with Gasteiger partial charge in [0.25, 0.3) is 5.56 Å². The molecule has 10 nitrogen and oxygen atoms in total. The SMILES string of the molecule is O=C(CSc1nc2ccccc2[nH]1)NCCCn1c(=O)c(-c2ccccc2)c2n(c1=O)CCCS2(=O)=O. The molecule has 1 aliphatic heterocycles. The summed E-state index contributed by atoms with van der Waals surface area (Å²) in [5.74, 6) is -0.138. The van der Waals surface area contributed by atoms with Crippen LogP contribution in [-0.2, 0) is 27.7 Å². The third kappa shape index (κ3) is 5.12. The Bertz CT molecular complexity index is 1660. The first-order valence-electron chi connectivity index (χ1n) is 11.9. The van der Waals surface area contributed by atoms with Crippen LogP contribution in [0.15, 0.2) is 74.4 Å². The third-order valence-electron chi connectivity index (χ3n) is 6.12. The Kier molecular flexibility index (Phi) is 7.02. The van der Waals surface area contributed by atoms with E-state index in [4.69, 9.17) is 0 Å². The number of carbonyl (C=O) groups excluding carboxylic acids is 1. The van der Waals surface area contributed by atoms with Crippen molar-refractivity contribution in [2.24, 2.45) is 0 Å². The molecule has 4 aromatic rings. The van der Waals surface area contributed by atoms with Crippen molar-refractivity contribution in [3.8, 4) is 11.1 Å². The van der Waals surface area contributed by atoms with E-state index in [9.17, 15) is 22.8 Å². The van der Waals surface area contributed by atoms with Crippen molar-refractivity contribution in [1.29, 1.82) is 0 Å². The van der Waals surface area contributed by atoms with E-state index in [-0.39, 0.29) is 47.6 Å². The number of sulfone groups is 1. The molecule has 37 heavy (non-hydrogen) atoms. The molecule has 1 aliphatic rings. The predicted octanol–water partition coefficient (Wildman–Crippen LogP) is 2.03. The highest BCUT2D eigenvalue weighted by atomic mass is 32.2. The minimum absolute atomic E-state index is 0.0196. The first kappa shape index (κ1) is 25.0. The highest BCUT2D eigenvalue weighted by Gasteiger charge is 2.32. The minimum atomic E-state index is -3.77. The van der Waals surface area contributed by atoms with Crippen molar-refractivity contribution < 1.29 is 13.2 Å². The predicted molar refractivity (Wildman–Crippen MR) is 142 cm³/mol. The summed E-state index contributed by atoms with van der Waals surface area (Å²) in [5.41, 5.74) is 0.914. The number of rotatable bonds is 8. The summed E-state index contributed by atoms with van der Waals surface area (Å²) in [7, 11) is -3.77. The van der Waals surface area contributed by atoms with Crippen LogP contribution in [0.3, 0.4) is 0 Å². The largest absolute Gasteiger partial charge is 0.355 e. The molecule has 0 radical (unpaired) electrons. The van der Waals surface area contributed by atoms with Gasteiger partial charge < -0.3 is 10.3 Å². The van der Waals surface area contributed by atoms with Gasteiger partial charge in [0.2, 0.25) is 5.91 Å². The number of aromatic amines is 1. The number of nitrogens with one attached hydrogen (secondary N) is 2. The van der Waals surface area contributed by atoms with Gasteiger partial charge in [-0.15, -0.1) is 0 Å². The van der Waals surface area contributed by atoms with Gasteiger partial charge in [-0.3, -0.25) is 18.7 Å². The molecule has 0 bridgehead atoms. The zero-order valence-corrected chi connectivity index (χ0v) is 21.5. The second kappa shape index (κ2) is 10.4. The number of H-pyrrole nitrogens is 1. The van der Waals surface area contributed by atoms with Gasteiger partial charge in [-0.1, -0.05) is 54.2 Å². The summed E-state index contributed by atoms with van der Waals surface area (Å²) in [5, 5.41) is 3.24. The molecule has 2 aromatic heterocycles. The van der Waals surface area contributed by atoms with Crippen molar-refractivity contribution in [3.63, 3.8) is 0 Å². The number of benzene rings is 2. The van der Waals surface area contributed by atoms with Crippen molar-refractivity contribution >= 4 is 38.5 Å². The van der Waals surface area contributed by atoms with Gasteiger partial charge in [0.05, 0.1) is 28.1 Å². The maximum absolute atomic E-state index is 13.4. The van der Waals surface area contributed by atoms with Crippen LogP contribution in [0.2, 0.25) is 0 Å². The van der Waals surface area contributed by atoms with Crippen LogP contribution >= 0.6 is 11.8 Å². The average Bonchev–Trinajstić information content (AvgIpc) is 3.31. The molecule has 1 amide bonds. The van der Waals surface area contributed by atoms with Crippen molar-refractivity contribution in [2.45, 2.75) is 36.1 Å². The molecule has 0 saturated carbocycles. The highest BCUT2D eigenvalue weighted by Crippen LogP contribution is 2.27. The summed E-state index contributed by atoms with van der Waals surface area (Å²) in [6.07, 6.45) is 0.636. The van der Waals surface area contributed by atoms with Crippen LogP contribution in [0.25, 0.3) is 22.2 Å². The van der Waals surface area contributed by atoms with Crippen LogP contribution in [0, 0.1) is 0 Å². The van der Waals surface area contributed by atoms with Crippen molar-refractivity contribution in [2.75, 3.05) is 18.1 Å². The Morgan fingerprint density at radius 3 is 2.62 bits per heavy atom. The zero-order valence-electron chi connectivity index (χ0n) is 19.8. The quantitative estimate of drug-likeness (QED) is 0.199. The third-order valence-corrected chi connectivity index (χ3v) is 8.83. The average molecular weight is 540 g/mol. The summed E-state index contributed by atoms with van der Waals surface area (Å²) >= 11 is 1.28.